The quantitative estimate of drug-likeness (QED) is 0.748. The maximum Gasteiger partial charge on any atom is 0.269 e. The largest absolute Gasteiger partial charge is 0.497 e. The van der Waals surface area contributed by atoms with Crippen LogP contribution in [0.3, 0.4) is 0 Å². The van der Waals surface area contributed by atoms with Crippen LogP contribution in [-0.2, 0) is 19.6 Å². The first-order valence-electron chi connectivity index (χ1n) is 8.58. The number of hydrogen-bond donors (Lipinski definition) is 1. The number of nitrogens with one attached hydrogen (secondary N) is 1. The summed E-state index contributed by atoms with van der Waals surface area (Å²) in [6.45, 7) is -0.996. The molecule has 152 valence electrons. The number of benzene rings is 2. The number of hydrogen-bond acceptors (Lipinski definition) is 6. The van der Waals surface area contributed by atoms with Crippen LogP contribution < -0.4 is 10.1 Å². The van der Waals surface area contributed by atoms with E-state index in [-0.39, 0.29) is 17.0 Å². The molecule has 0 aliphatic carbocycles. The summed E-state index contributed by atoms with van der Waals surface area (Å²) in [5.41, 5.74) is 0.515. The Bertz CT molecular complexity index is 1080. The second-order valence-corrected chi connectivity index (χ2v) is 8.17. The first-order valence-corrected chi connectivity index (χ1v) is 10.0. The molecule has 0 bridgehead atoms. The third kappa shape index (κ3) is 4.06. The van der Waals surface area contributed by atoms with E-state index in [1.807, 2.05) is 0 Å². The summed E-state index contributed by atoms with van der Waals surface area (Å²) in [4.78, 5) is 37.9. The monoisotopic (exact) mass is 417 g/mol. The highest BCUT2D eigenvalue weighted by molar-refractivity contribution is 7.90. The van der Waals surface area contributed by atoms with Crippen LogP contribution in [0, 0.1) is 0 Å². The minimum absolute atomic E-state index is 0.0266. The van der Waals surface area contributed by atoms with Gasteiger partial charge in [0.2, 0.25) is 11.8 Å². The van der Waals surface area contributed by atoms with Crippen LogP contribution in [0.25, 0.3) is 0 Å². The predicted octanol–water partition coefficient (Wildman–Crippen LogP) is 0.937. The van der Waals surface area contributed by atoms with Crippen LogP contribution in [-0.4, -0.2) is 62.6 Å². The fourth-order valence-corrected chi connectivity index (χ4v) is 4.35. The molecule has 0 saturated carbocycles. The highest BCUT2D eigenvalue weighted by Crippen LogP contribution is 2.29. The van der Waals surface area contributed by atoms with Gasteiger partial charge in [0.1, 0.15) is 17.2 Å². The predicted molar refractivity (Wildman–Crippen MR) is 104 cm³/mol. The van der Waals surface area contributed by atoms with Crippen LogP contribution in [0.15, 0.2) is 53.4 Å². The van der Waals surface area contributed by atoms with Gasteiger partial charge in [0.15, 0.2) is 0 Å². The molecule has 2 aromatic rings. The topological polar surface area (TPSA) is 113 Å². The van der Waals surface area contributed by atoms with Crippen LogP contribution in [0.4, 0.5) is 5.69 Å². The minimum Gasteiger partial charge on any atom is -0.497 e. The van der Waals surface area contributed by atoms with E-state index in [0.29, 0.717) is 15.7 Å². The Hall–Kier alpha value is -3.40. The van der Waals surface area contributed by atoms with Crippen molar-refractivity contribution in [2.75, 3.05) is 32.6 Å². The minimum atomic E-state index is -4.09. The number of anilines is 1. The van der Waals surface area contributed by atoms with Crippen molar-refractivity contribution in [1.29, 1.82) is 0 Å². The van der Waals surface area contributed by atoms with Crippen molar-refractivity contribution in [2.45, 2.75) is 4.90 Å². The zero-order valence-corrected chi connectivity index (χ0v) is 16.6. The number of carbonyl (C=O) groups excluding carboxylic acids is 3. The Labute approximate surface area is 167 Å². The van der Waals surface area contributed by atoms with Crippen molar-refractivity contribution >= 4 is 33.4 Å². The van der Waals surface area contributed by atoms with Crippen molar-refractivity contribution in [3.8, 4) is 5.75 Å². The van der Waals surface area contributed by atoms with E-state index in [4.69, 9.17) is 4.74 Å². The standard InChI is InChI=1S/C19H19N3O6S/c1-21(11-17(23)20-13-6-5-7-14(10-13)28-2)18(24)12-22-19(25)15-8-3-4-9-16(15)29(22,26)27/h3-10H,11-12H2,1-2H3,(H,20,23). The summed E-state index contributed by atoms with van der Waals surface area (Å²) in [7, 11) is -1.23. The van der Waals surface area contributed by atoms with Crippen LogP contribution >= 0.6 is 0 Å². The van der Waals surface area contributed by atoms with E-state index >= 15 is 0 Å². The number of methoxy groups -OCH3 is 1. The number of carbonyl (C=O) groups is 3. The molecule has 29 heavy (non-hydrogen) atoms. The summed E-state index contributed by atoms with van der Waals surface area (Å²) in [6.07, 6.45) is 0. The number of likely N-dealkylation sites (N-methyl/N-ethyl adjacent to an activating group) is 1. The fraction of sp³-hybridized carbons (Fsp3) is 0.211. The molecule has 0 atom stereocenters. The first kappa shape index (κ1) is 20.3. The lowest BCUT2D eigenvalue weighted by Gasteiger charge is -2.20. The number of amides is 3. The molecular formula is C19H19N3O6S. The van der Waals surface area contributed by atoms with Gasteiger partial charge < -0.3 is 15.0 Å². The Kier molecular flexibility index (Phi) is 5.55. The van der Waals surface area contributed by atoms with Crippen LogP contribution in [0.1, 0.15) is 10.4 Å². The van der Waals surface area contributed by atoms with Gasteiger partial charge in [0.25, 0.3) is 15.9 Å². The molecule has 0 spiro atoms. The third-order valence-corrected chi connectivity index (χ3v) is 6.14. The summed E-state index contributed by atoms with van der Waals surface area (Å²) in [6, 6.07) is 12.5. The van der Waals surface area contributed by atoms with Gasteiger partial charge in [-0.3, -0.25) is 14.4 Å². The van der Waals surface area contributed by atoms with Crippen molar-refractivity contribution in [2.24, 2.45) is 0 Å². The van der Waals surface area contributed by atoms with Gasteiger partial charge in [-0.05, 0) is 24.3 Å². The van der Waals surface area contributed by atoms with Crippen molar-refractivity contribution in [3.63, 3.8) is 0 Å². The molecule has 9 nitrogen and oxygen atoms in total. The van der Waals surface area contributed by atoms with E-state index in [1.165, 1.54) is 32.4 Å². The molecule has 1 aliphatic rings. The van der Waals surface area contributed by atoms with Crippen LogP contribution in [0.2, 0.25) is 0 Å². The maximum absolute atomic E-state index is 12.5. The second kappa shape index (κ2) is 7.92. The molecule has 10 heteroatoms. The fourth-order valence-electron chi connectivity index (χ4n) is 2.84. The molecule has 0 fully saturated rings. The lowest BCUT2D eigenvalue weighted by Crippen LogP contribution is -2.43. The van der Waals surface area contributed by atoms with Crippen LogP contribution in [0.5, 0.6) is 5.75 Å². The first-order chi connectivity index (χ1) is 13.7. The zero-order chi connectivity index (χ0) is 21.2. The van der Waals surface area contributed by atoms with Gasteiger partial charge in [-0.1, -0.05) is 18.2 Å². The van der Waals surface area contributed by atoms with Gasteiger partial charge in [0, 0.05) is 18.8 Å². The summed E-state index contributed by atoms with van der Waals surface area (Å²) >= 11 is 0. The van der Waals surface area contributed by atoms with Gasteiger partial charge in [-0.25, -0.2) is 12.7 Å². The molecule has 0 aromatic heterocycles. The Morgan fingerprint density at radius 1 is 1.14 bits per heavy atom. The highest BCUT2D eigenvalue weighted by atomic mass is 32.2. The second-order valence-electron chi connectivity index (χ2n) is 6.34. The Balaban J connectivity index is 1.64. The van der Waals surface area contributed by atoms with Gasteiger partial charge >= 0.3 is 0 Å². The van der Waals surface area contributed by atoms with E-state index in [2.05, 4.69) is 5.32 Å². The number of ether oxygens (including phenoxy) is 1. The normalized spacial score (nSPS) is 14.3. The lowest BCUT2D eigenvalue weighted by molar-refractivity contribution is -0.133. The molecule has 2 aromatic carbocycles. The Morgan fingerprint density at radius 2 is 1.86 bits per heavy atom. The molecule has 3 amide bonds. The van der Waals surface area contributed by atoms with Crippen molar-refractivity contribution in [3.05, 3.63) is 54.1 Å². The average Bonchev–Trinajstić information content (AvgIpc) is 2.89. The maximum atomic E-state index is 12.5. The summed E-state index contributed by atoms with van der Waals surface area (Å²) in [5, 5.41) is 2.62. The molecule has 0 saturated heterocycles. The van der Waals surface area contributed by atoms with Gasteiger partial charge in [-0.15, -0.1) is 0 Å². The van der Waals surface area contributed by atoms with E-state index in [1.54, 1.807) is 30.3 Å². The Morgan fingerprint density at radius 3 is 2.55 bits per heavy atom. The number of rotatable bonds is 6. The number of fused-ring (bicyclic) bond motifs is 1. The SMILES string of the molecule is COc1cccc(NC(=O)CN(C)C(=O)CN2C(=O)c3ccccc3S2(=O)=O)c1. The lowest BCUT2D eigenvalue weighted by atomic mass is 10.2. The molecule has 0 unspecified atom stereocenters. The van der Waals surface area contributed by atoms with Gasteiger partial charge in [-0.2, -0.15) is 0 Å². The number of nitrogens with zero attached hydrogens (tertiary/aromatic N) is 2. The van der Waals surface area contributed by atoms with Gasteiger partial charge in [0.05, 0.1) is 19.2 Å². The van der Waals surface area contributed by atoms with E-state index in [9.17, 15) is 22.8 Å². The zero-order valence-electron chi connectivity index (χ0n) is 15.8. The molecular weight excluding hydrogens is 398 g/mol. The number of sulfonamides is 1. The third-order valence-electron chi connectivity index (χ3n) is 4.35. The average molecular weight is 417 g/mol. The molecule has 0 radical (unpaired) electrons. The molecule has 1 aliphatic heterocycles. The van der Waals surface area contributed by atoms with E-state index < -0.39 is 34.3 Å². The van der Waals surface area contributed by atoms with Crippen molar-refractivity contribution < 1.29 is 27.5 Å². The molecule has 1 heterocycles. The van der Waals surface area contributed by atoms with Crippen molar-refractivity contribution in [1.82, 2.24) is 9.21 Å². The summed E-state index contributed by atoms with van der Waals surface area (Å²) in [5.74, 6) is -1.36. The smallest absolute Gasteiger partial charge is 0.269 e. The summed E-state index contributed by atoms with van der Waals surface area (Å²) < 4.78 is 30.6. The van der Waals surface area contributed by atoms with E-state index in [0.717, 1.165) is 4.90 Å². The molecule has 1 N–H and O–H groups in total. The molecule has 3 rings (SSSR count). The highest BCUT2D eigenvalue weighted by Gasteiger charge is 2.42.